The molecule has 1 saturated heterocycles. The monoisotopic (exact) mass is 244 g/mol. The van der Waals surface area contributed by atoms with E-state index in [4.69, 9.17) is 10.9 Å². The lowest BCUT2D eigenvalue weighted by Gasteiger charge is -2.39. The number of carbonyl (C=O) groups excluding carboxylic acids is 1. The van der Waals surface area contributed by atoms with Gasteiger partial charge in [0.25, 0.3) is 0 Å². The summed E-state index contributed by atoms with van der Waals surface area (Å²) in [5.74, 6) is 4.93. The molecule has 1 amide bonds. The lowest BCUT2D eigenvalue weighted by atomic mass is 10.0. The third-order valence-electron chi connectivity index (χ3n) is 3.68. The van der Waals surface area contributed by atoms with Crippen molar-refractivity contribution in [1.29, 1.82) is 0 Å². The molecule has 1 aliphatic heterocycles. The van der Waals surface area contributed by atoms with Crippen molar-refractivity contribution in [2.24, 2.45) is 11.8 Å². The van der Waals surface area contributed by atoms with E-state index in [9.17, 15) is 4.79 Å². The van der Waals surface area contributed by atoms with Crippen LogP contribution in [0.3, 0.4) is 0 Å². The molecule has 6 heteroatoms. The number of β-amino-alcohol motifs (C(OH)–C–C–N with tert-alkyl or cyclic N) is 1. The number of rotatable bonds is 5. The first-order valence-electron chi connectivity index (χ1n) is 6.18. The molecule has 4 N–H and O–H groups in total. The van der Waals surface area contributed by atoms with Gasteiger partial charge in [-0.3, -0.25) is 20.0 Å². The summed E-state index contributed by atoms with van der Waals surface area (Å²) < 4.78 is 0. The van der Waals surface area contributed by atoms with Gasteiger partial charge in [0, 0.05) is 38.8 Å². The van der Waals surface area contributed by atoms with Gasteiger partial charge in [-0.05, 0) is 6.92 Å². The number of nitrogens with zero attached hydrogens (tertiary/aromatic N) is 2. The van der Waals surface area contributed by atoms with E-state index in [0.29, 0.717) is 0 Å². The molecule has 1 aliphatic rings. The Hall–Kier alpha value is -0.690. The Kier molecular flexibility index (Phi) is 5.84. The van der Waals surface area contributed by atoms with E-state index in [-0.39, 0.29) is 24.5 Å². The molecule has 0 aromatic carbocycles. The molecule has 6 nitrogen and oxygen atoms in total. The van der Waals surface area contributed by atoms with E-state index in [2.05, 4.69) is 22.1 Å². The molecule has 0 aliphatic carbocycles. The maximum atomic E-state index is 11.5. The first-order valence-corrected chi connectivity index (χ1v) is 6.18. The van der Waals surface area contributed by atoms with Gasteiger partial charge in [-0.2, -0.15) is 0 Å². The molecule has 0 aromatic heterocycles. The summed E-state index contributed by atoms with van der Waals surface area (Å²) in [6.45, 7) is 8.66. The molecule has 0 aromatic rings. The van der Waals surface area contributed by atoms with E-state index >= 15 is 0 Å². The Labute approximate surface area is 103 Å². The quantitative estimate of drug-likeness (QED) is 0.315. The molecule has 100 valence electrons. The predicted octanol–water partition coefficient (Wildman–Crippen LogP) is -1.39. The third-order valence-corrected chi connectivity index (χ3v) is 3.68. The second-order valence-electron chi connectivity index (χ2n) is 4.64. The van der Waals surface area contributed by atoms with Gasteiger partial charge in [0.1, 0.15) is 0 Å². The fourth-order valence-electron chi connectivity index (χ4n) is 2.20. The number of hydrogen-bond donors (Lipinski definition) is 3. The normalized spacial score (nSPS) is 22.1. The van der Waals surface area contributed by atoms with Gasteiger partial charge in [-0.15, -0.1) is 0 Å². The fraction of sp³-hybridized carbons (Fsp3) is 0.909. The van der Waals surface area contributed by atoms with Crippen LogP contribution in [0.2, 0.25) is 0 Å². The van der Waals surface area contributed by atoms with Crippen molar-refractivity contribution in [3.05, 3.63) is 0 Å². The summed E-state index contributed by atoms with van der Waals surface area (Å²) in [7, 11) is 0. The molecule has 2 atom stereocenters. The number of hydrogen-bond acceptors (Lipinski definition) is 5. The zero-order valence-corrected chi connectivity index (χ0v) is 10.7. The van der Waals surface area contributed by atoms with Crippen LogP contribution in [0.25, 0.3) is 0 Å². The van der Waals surface area contributed by atoms with Crippen molar-refractivity contribution >= 4 is 5.91 Å². The van der Waals surface area contributed by atoms with Crippen LogP contribution in [-0.2, 0) is 4.79 Å². The van der Waals surface area contributed by atoms with Crippen LogP contribution in [0.1, 0.15) is 13.8 Å². The minimum absolute atomic E-state index is 0.107. The highest BCUT2D eigenvalue weighted by atomic mass is 16.3. The average Bonchev–Trinajstić information content (AvgIpc) is 2.37. The average molecular weight is 244 g/mol. The number of aliphatic hydroxyl groups excluding tert-OH is 1. The van der Waals surface area contributed by atoms with Crippen molar-refractivity contribution in [2.45, 2.75) is 19.9 Å². The summed E-state index contributed by atoms with van der Waals surface area (Å²) in [6, 6.07) is 0.190. The van der Waals surface area contributed by atoms with E-state index in [0.717, 1.165) is 32.7 Å². The SMILES string of the molecule is CC(C(=O)NN)C(C)N1CCN(CCO)CC1. The Morgan fingerprint density at radius 1 is 1.35 bits per heavy atom. The first kappa shape index (κ1) is 14.4. The third kappa shape index (κ3) is 3.92. The lowest BCUT2D eigenvalue weighted by molar-refractivity contribution is -0.126. The summed E-state index contributed by atoms with van der Waals surface area (Å²) in [4.78, 5) is 16.0. The van der Waals surface area contributed by atoms with Crippen LogP contribution in [0.15, 0.2) is 0 Å². The molecule has 0 spiro atoms. The van der Waals surface area contributed by atoms with Crippen LogP contribution < -0.4 is 11.3 Å². The van der Waals surface area contributed by atoms with Gasteiger partial charge >= 0.3 is 0 Å². The first-order chi connectivity index (χ1) is 8.10. The highest BCUT2D eigenvalue weighted by molar-refractivity contribution is 5.78. The summed E-state index contributed by atoms with van der Waals surface area (Å²) in [5, 5.41) is 8.86. The Morgan fingerprint density at radius 3 is 2.41 bits per heavy atom. The second kappa shape index (κ2) is 6.90. The molecule has 0 bridgehead atoms. The van der Waals surface area contributed by atoms with Crippen LogP contribution in [-0.4, -0.2) is 66.2 Å². The predicted molar refractivity (Wildman–Crippen MR) is 66.1 cm³/mol. The molecule has 1 heterocycles. The largest absolute Gasteiger partial charge is 0.395 e. The number of nitrogens with two attached hydrogens (primary N) is 1. The topological polar surface area (TPSA) is 81.8 Å². The van der Waals surface area contributed by atoms with E-state index in [1.54, 1.807) is 0 Å². The van der Waals surface area contributed by atoms with Crippen molar-refractivity contribution in [3.63, 3.8) is 0 Å². The van der Waals surface area contributed by atoms with Gasteiger partial charge in [0.2, 0.25) is 5.91 Å². The van der Waals surface area contributed by atoms with Crippen LogP contribution >= 0.6 is 0 Å². The maximum Gasteiger partial charge on any atom is 0.238 e. The Balaban J connectivity index is 2.40. The van der Waals surface area contributed by atoms with Gasteiger partial charge in [0.15, 0.2) is 0 Å². The van der Waals surface area contributed by atoms with E-state index in [1.165, 1.54) is 0 Å². The van der Waals surface area contributed by atoms with Crippen LogP contribution in [0.5, 0.6) is 0 Å². The fourth-order valence-corrected chi connectivity index (χ4v) is 2.20. The molecular weight excluding hydrogens is 220 g/mol. The highest BCUT2D eigenvalue weighted by Gasteiger charge is 2.27. The number of piperazine rings is 1. The van der Waals surface area contributed by atoms with Gasteiger partial charge in [-0.25, -0.2) is 5.84 Å². The molecule has 0 saturated carbocycles. The van der Waals surface area contributed by atoms with E-state index in [1.807, 2.05) is 6.92 Å². The number of carbonyl (C=O) groups is 1. The van der Waals surface area contributed by atoms with Crippen molar-refractivity contribution in [1.82, 2.24) is 15.2 Å². The van der Waals surface area contributed by atoms with Gasteiger partial charge in [0.05, 0.1) is 12.5 Å². The second-order valence-corrected chi connectivity index (χ2v) is 4.64. The standard InChI is InChI=1S/C11H24N4O2/c1-9(11(17)13-12)10(2)15-5-3-14(4-6-15)7-8-16/h9-10,16H,3-8,12H2,1-2H3,(H,13,17). The molecule has 1 rings (SSSR count). The molecule has 2 unspecified atom stereocenters. The summed E-state index contributed by atoms with van der Waals surface area (Å²) >= 11 is 0. The Morgan fingerprint density at radius 2 is 1.94 bits per heavy atom. The van der Waals surface area contributed by atoms with E-state index < -0.39 is 0 Å². The summed E-state index contributed by atoms with van der Waals surface area (Å²) in [5.41, 5.74) is 2.20. The molecule has 17 heavy (non-hydrogen) atoms. The Bertz CT molecular complexity index is 242. The van der Waals surface area contributed by atoms with Crippen LogP contribution in [0, 0.1) is 5.92 Å². The molecule has 0 radical (unpaired) electrons. The highest BCUT2D eigenvalue weighted by Crippen LogP contribution is 2.13. The summed E-state index contributed by atoms with van der Waals surface area (Å²) in [6.07, 6.45) is 0. The van der Waals surface area contributed by atoms with Crippen LogP contribution in [0.4, 0.5) is 0 Å². The molecular formula is C11H24N4O2. The lowest BCUT2D eigenvalue weighted by Crippen LogP contribution is -2.53. The minimum Gasteiger partial charge on any atom is -0.395 e. The zero-order chi connectivity index (χ0) is 12.8. The van der Waals surface area contributed by atoms with Crippen molar-refractivity contribution in [2.75, 3.05) is 39.3 Å². The number of aliphatic hydroxyl groups is 1. The smallest absolute Gasteiger partial charge is 0.238 e. The number of nitrogens with one attached hydrogen (secondary N) is 1. The van der Waals surface area contributed by atoms with Crippen molar-refractivity contribution < 1.29 is 9.90 Å². The van der Waals surface area contributed by atoms with Crippen molar-refractivity contribution in [3.8, 4) is 0 Å². The van der Waals surface area contributed by atoms with Gasteiger partial charge in [-0.1, -0.05) is 6.92 Å². The number of hydrazine groups is 1. The van der Waals surface area contributed by atoms with Gasteiger partial charge < -0.3 is 5.11 Å². The maximum absolute atomic E-state index is 11.5. The molecule has 1 fully saturated rings. The zero-order valence-electron chi connectivity index (χ0n) is 10.7. The number of amides is 1. The minimum atomic E-state index is -0.115.